The van der Waals surface area contributed by atoms with Crippen LogP contribution in [0, 0.1) is 23.7 Å². The van der Waals surface area contributed by atoms with Crippen LogP contribution >= 0.6 is 0 Å². The van der Waals surface area contributed by atoms with E-state index in [1.807, 2.05) is 26.8 Å². The number of aliphatic hydroxyl groups excluding tert-OH is 1. The van der Waals surface area contributed by atoms with E-state index in [1.54, 1.807) is 0 Å². The van der Waals surface area contributed by atoms with E-state index in [2.05, 4.69) is 6.58 Å². The second-order valence-corrected chi connectivity index (χ2v) is 6.37. The van der Waals surface area contributed by atoms with Gasteiger partial charge in [-0.2, -0.15) is 0 Å². The molecule has 2 rings (SSSR count). The summed E-state index contributed by atoms with van der Waals surface area (Å²) in [5.74, 6) is 0.541. The zero-order valence-corrected chi connectivity index (χ0v) is 11.6. The fourth-order valence-electron chi connectivity index (χ4n) is 3.56. The van der Waals surface area contributed by atoms with Gasteiger partial charge in [0.25, 0.3) is 0 Å². The van der Waals surface area contributed by atoms with Gasteiger partial charge in [0.05, 0.1) is 12.0 Å². The third-order valence-corrected chi connectivity index (χ3v) is 4.56. The number of carbonyl (C=O) groups excluding carboxylic acids is 1. The summed E-state index contributed by atoms with van der Waals surface area (Å²) in [5.41, 5.74) is 2.31. The molecular formula is C16H24O2. The van der Waals surface area contributed by atoms with E-state index in [0.717, 1.165) is 24.8 Å². The molecule has 2 bridgehead atoms. The van der Waals surface area contributed by atoms with E-state index >= 15 is 0 Å². The fraction of sp³-hybridized carbons (Fsp3) is 0.688. The van der Waals surface area contributed by atoms with Crippen LogP contribution in [0.1, 0.15) is 40.0 Å². The molecule has 2 heteroatoms. The fourth-order valence-corrected chi connectivity index (χ4v) is 3.56. The quantitative estimate of drug-likeness (QED) is 0.724. The van der Waals surface area contributed by atoms with Gasteiger partial charge < -0.3 is 5.11 Å². The molecule has 1 N–H and O–H groups in total. The minimum absolute atomic E-state index is 0.0438. The maximum Gasteiger partial charge on any atom is 0.145 e. The van der Waals surface area contributed by atoms with Crippen LogP contribution in [0.15, 0.2) is 23.8 Å². The van der Waals surface area contributed by atoms with Gasteiger partial charge in [-0.3, -0.25) is 4.79 Å². The second-order valence-electron chi connectivity index (χ2n) is 6.37. The van der Waals surface area contributed by atoms with Crippen LogP contribution in [0.5, 0.6) is 0 Å². The van der Waals surface area contributed by atoms with Crippen molar-refractivity contribution in [3.05, 3.63) is 23.8 Å². The minimum Gasteiger partial charge on any atom is -0.392 e. The number of fused-ring (bicyclic) bond motifs is 2. The lowest BCUT2D eigenvalue weighted by molar-refractivity contribution is -0.128. The van der Waals surface area contributed by atoms with Crippen molar-refractivity contribution in [2.45, 2.75) is 46.1 Å². The van der Waals surface area contributed by atoms with Crippen molar-refractivity contribution in [3.8, 4) is 0 Å². The van der Waals surface area contributed by atoms with Crippen LogP contribution in [-0.2, 0) is 4.79 Å². The van der Waals surface area contributed by atoms with E-state index in [1.165, 1.54) is 5.57 Å². The van der Waals surface area contributed by atoms with Gasteiger partial charge in [0.1, 0.15) is 5.78 Å². The Morgan fingerprint density at radius 3 is 2.56 bits per heavy atom. The molecule has 2 fully saturated rings. The highest BCUT2D eigenvalue weighted by Crippen LogP contribution is 2.44. The number of ketones is 1. The Kier molecular flexibility index (Phi) is 3.76. The summed E-state index contributed by atoms with van der Waals surface area (Å²) in [6, 6.07) is 0. The highest BCUT2D eigenvalue weighted by Gasteiger charge is 2.43. The van der Waals surface area contributed by atoms with Crippen molar-refractivity contribution in [3.63, 3.8) is 0 Å². The Hall–Kier alpha value is -0.890. The number of allylic oxidation sites excluding steroid dienone is 2. The summed E-state index contributed by atoms with van der Waals surface area (Å²) >= 11 is 0. The Morgan fingerprint density at radius 1 is 1.33 bits per heavy atom. The van der Waals surface area contributed by atoms with Crippen molar-refractivity contribution in [1.29, 1.82) is 0 Å². The highest BCUT2D eigenvalue weighted by molar-refractivity contribution is 5.86. The van der Waals surface area contributed by atoms with E-state index in [4.69, 9.17) is 0 Å². The van der Waals surface area contributed by atoms with E-state index in [-0.39, 0.29) is 23.5 Å². The lowest BCUT2D eigenvalue weighted by Crippen LogP contribution is -2.32. The molecule has 0 aromatic heterocycles. The molecule has 0 aliphatic heterocycles. The standard InChI is InChI=1S/C16H24O2/c1-9(2)5-14-15(17)11(4)12-6-10(3)7-13(8-12)16(14)18/h5,11-14,16,18H,3,6-8H2,1-2,4H3/t11-,12+,13?,14-,16+/m1/s1. The molecular weight excluding hydrogens is 224 g/mol. The van der Waals surface area contributed by atoms with Gasteiger partial charge in [-0.15, -0.1) is 0 Å². The molecule has 0 radical (unpaired) electrons. The predicted molar refractivity (Wildman–Crippen MR) is 73.1 cm³/mol. The Bertz CT molecular complexity index is 390. The summed E-state index contributed by atoms with van der Waals surface area (Å²) in [5, 5.41) is 10.5. The summed E-state index contributed by atoms with van der Waals surface area (Å²) in [7, 11) is 0. The monoisotopic (exact) mass is 248 g/mol. The minimum atomic E-state index is -0.531. The van der Waals surface area contributed by atoms with Crippen molar-refractivity contribution in [1.82, 2.24) is 0 Å². The van der Waals surface area contributed by atoms with Gasteiger partial charge in [-0.1, -0.05) is 30.7 Å². The van der Waals surface area contributed by atoms with Crippen LogP contribution in [0.3, 0.4) is 0 Å². The maximum atomic E-state index is 12.5. The largest absolute Gasteiger partial charge is 0.392 e. The van der Waals surface area contributed by atoms with Gasteiger partial charge in [0.15, 0.2) is 0 Å². The smallest absolute Gasteiger partial charge is 0.145 e. The van der Waals surface area contributed by atoms with Crippen LogP contribution in [-0.4, -0.2) is 17.0 Å². The van der Waals surface area contributed by atoms with E-state index in [0.29, 0.717) is 5.92 Å². The first-order valence-corrected chi connectivity index (χ1v) is 6.93. The molecule has 0 spiro atoms. The molecule has 0 heterocycles. The predicted octanol–water partition coefficient (Wildman–Crippen LogP) is 3.12. The third kappa shape index (κ3) is 2.44. The first-order valence-electron chi connectivity index (χ1n) is 6.93. The third-order valence-electron chi connectivity index (χ3n) is 4.56. The highest BCUT2D eigenvalue weighted by atomic mass is 16.3. The SMILES string of the molecule is C=C1CC2C[C@H](C1)[C@@H](C)C(=O)[C@@H](C=C(C)C)[C@H]2O. The number of hydrogen-bond acceptors (Lipinski definition) is 2. The molecule has 18 heavy (non-hydrogen) atoms. The van der Waals surface area contributed by atoms with Crippen LogP contribution in [0.2, 0.25) is 0 Å². The molecule has 2 saturated carbocycles. The lowest BCUT2D eigenvalue weighted by Gasteiger charge is -2.32. The van der Waals surface area contributed by atoms with Gasteiger partial charge in [0, 0.05) is 5.92 Å². The van der Waals surface area contributed by atoms with E-state index in [9.17, 15) is 9.90 Å². The van der Waals surface area contributed by atoms with Gasteiger partial charge in [0.2, 0.25) is 0 Å². The zero-order valence-electron chi connectivity index (χ0n) is 11.6. The van der Waals surface area contributed by atoms with Crippen LogP contribution in [0.4, 0.5) is 0 Å². The molecule has 1 unspecified atom stereocenters. The molecule has 2 nitrogen and oxygen atoms in total. The van der Waals surface area contributed by atoms with E-state index < -0.39 is 6.10 Å². The molecule has 2 aliphatic rings. The number of Topliss-reactive ketones (excluding diaryl/α,β-unsaturated/α-hetero) is 1. The molecule has 0 saturated heterocycles. The average molecular weight is 248 g/mol. The first-order chi connectivity index (χ1) is 8.40. The number of carbonyl (C=O) groups is 1. The second kappa shape index (κ2) is 5.00. The van der Waals surface area contributed by atoms with Crippen molar-refractivity contribution >= 4 is 5.78 Å². The Morgan fingerprint density at radius 2 is 1.94 bits per heavy atom. The normalized spacial score (nSPS) is 40.3. The molecule has 5 atom stereocenters. The summed E-state index contributed by atoms with van der Waals surface area (Å²) < 4.78 is 0. The van der Waals surface area contributed by atoms with Gasteiger partial charge >= 0.3 is 0 Å². The summed E-state index contributed by atoms with van der Waals surface area (Å²) in [6.45, 7) is 10.1. The van der Waals surface area contributed by atoms with Crippen LogP contribution < -0.4 is 0 Å². The molecule has 100 valence electrons. The zero-order chi connectivity index (χ0) is 13.4. The lowest BCUT2D eigenvalue weighted by atomic mass is 9.74. The Labute approximate surface area is 110 Å². The van der Waals surface area contributed by atoms with Gasteiger partial charge in [-0.25, -0.2) is 0 Å². The number of hydrogen-bond donors (Lipinski definition) is 1. The molecule has 0 amide bonds. The topological polar surface area (TPSA) is 37.3 Å². The number of aliphatic hydroxyl groups is 1. The first kappa shape index (κ1) is 13.5. The summed E-state index contributed by atoms with van der Waals surface area (Å²) in [4.78, 5) is 12.5. The molecule has 0 aromatic rings. The Balaban J connectivity index is 2.35. The number of rotatable bonds is 1. The molecule has 2 aliphatic carbocycles. The van der Waals surface area contributed by atoms with Crippen LogP contribution in [0.25, 0.3) is 0 Å². The summed E-state index contributed by atoms with van der Waals surface area (Å²) in [6.07, 6.45) is 4.23. The van der Waals surface area contributed by atoms with Crippen molar-refractivity contribution in [2.24, 2.45) is 23.7 Å². The maximum absolute atomic E-state index is 12.5. The molecule has 0 aromatic carbocycles. The average Bonchev–Trinajstić information content (AvgIpc) is 2.36. The van der Waals surface area contributed by atoms with Crippen molar-refractivity contribution < 1.29 is 9.90 Å². The van der Waals surface area contributed by atoms with Gasteiger partial charge in [-0.05, 0) is 44.9 Å². The van der Waals surface area contributed by atoms with Crippen molar-refractivity contribution in [2.75, 3.05) is 0 Å².